The highest BCUT2D eigenvalue weighted by Crippen LogP contribution is 2.40. The Hall–Kier alpha value is -1.83. The highest BCUT2D eigenvalue weighted by Gasteiger charge is 2.53. The van der Waals surface area contributed by atoms with E-state index in [9.17, 15) is 9.59 Å². The summed E-state index contributed by atoms with van der Waals surface area (Å²) in [6, 6.07) is -0.421. The quantitative estimate of drug-likeness (QED) is 0.354. The Bertz CT molecular complexity index is 522. The summed E-state index contributed by atoms with van der Waals surface area (Å²) < 4.78 is 10.8. The number of carbonyl (C=O) groups is 2. The molecule has 1 saturated carbocycles. The normalized spacial score (nSPS) is 23.1. The van der Waals surface area contributed by atoms with Crippen LogP contribution in [0.15, 0.2) is 5.16 Å². The average Bonchev–Trinajstić information content (AvgIpc) is 3.09. The molecule has 0 bridgehead atoms. The smallest absolute Gasteiger partial charge is 0.410 e. The first-order valence-electron chi connectivity index (χ1n) is 8.37. The van der Waals surface area contributed by atoms with Gasteiger partial charge in [0.1, 0.15) is 5.60 Å². The lowest BCUT2D eigenvalue weighted by atomic mass is 10.2. The lowest BCUT2D eigenvalue weighted by Crippen LogP contribution is -2.46. The predicted octanol–water partition coefficient (Wildman–Crippen LogP) is 1.77. The lowest BCUT2D eigenvalue weighted by molar-refractivity contribution is -0.160. The molecule has 2 rings (SSSR count). The Kier molecular flexibility index (Phi) is 5.37. The summed E-state index contributed by atoms with van der Waals surface area (Å²) in [6.07, 6.45) is 2.26. The van der Waals surface area contributed by atoms with Gasteiger partial charge in [-0.15, -0.1) is 0 Å². The van der Waals surface area contributed by atoms with Crippen molar-refractivity contribution in [1.29, 1.82) is 0 Å². The minimum absolute atomic E-state index is 0.0963. The van der Waals surface area contributed by atoms with Crippen LogP contribution in [-0.4, -0.2) is 53.2 Å². The van der Waals surface area contributed by atoms with Crippen molar-refractivity contribution in [2.24, 2.45) is 10.9 Å². The molecule has 24 heavy (non-hydrogen) atoms. The van der Waals surface area contributed by atoms with E-state index in [1.54, 1.807) is 20.8 Å². The van der Waals surface area contributed by atoms with Gasteiger partial charge in [0.15, 0.2) is 11.4 Å². The number of likely N-dealkylation sites (tertiary alicyclic amines) is 1. The first-order chi connectivity index (χ1) is 11.2. The zero-order chi connectivity index (χ0) is 18.0. The van der Waals surface area contributed by atoms with Crippen molar-refractivity contribution in [3.8, 4) is 0 Å². The third-order valence-corrected chi connectivity index (χ3v) is 3.95. The molecule has 1 heterocycles. The number of hydrogen-bond acceptors (Lipinski definition) is 6. The number of amidine groups is 1. The Morgan fingerprint density at radius 3 is 2.54 bits per heavy atom. The molecule has 2 fully saturated rings. The third kappa shape index (κ3) is 4.37. The van der Waals surface area contributed by atoms with Crippen molar-refractivity contribution in [2.75, 3.05) is 13.2 Å². The molecule has 136 valence electrons. The van der Waals surface area contributed by atoms with E-state index in [1.165, 1.54) is 4.90 Å². The second-order valence-electron chi connectivity index (χ2n) is 7.15. The third-order valence-electron chi connectivity index (χ3n) is 3.95. The number of carbonyl (C=O) groups excluding carboxylic acids is 2. The fourth-order valence-corrected chi connectivity index (χ4v) is 2.65. The Morgan fingerprint density at radius 2 is 2.00 bits per heavy atom. The van der Waals surface area contributed by atoms with Gasteiger partial charge in [-0.2, -0.15) is 0 Å². The minimum Gasteiger partial charge on any atom is -0.444 e. The van der Waals surface area contributed by atoms with Crippen molar-refractivity contribution < 1.29 is 23.9 Å². The summed E-state index contributed by atoms with van der Waals surface area (Å²) in [7, 11) is 0. The summed E-state index contributed by atoms with van der Waals surface area (Å²) in [6.45, 7) is 8.20. The van der Waals surface area contributed by atoms with Crippen LogP contribution in [0.3, 0.4) is 0 Å². The maximum absolute atomic E-state index is 12.2. The van der Waals surface area contributed by atoms with E-state index in [-0.39, 0.29) is 5.84 Å². The van der Waals surface area contributed by atoms with Crippen LogP contribution in [0.5, 0.6) is 0 Å². The summed E-state index contributed by atoms with van der Waals surface area (Å²) in [5.41, 5.74) is 4.49. The molecule has 0 unspecified atom stereocenters. The van der Waals surface area contributed by atoms with Gasteiger partial charge in [0.2, 0.25) is 0 Å². The fraction of sp³-hybridized carbons (Fsp3) is 0.812. The summed E-state index contributed by atoms with van der Waals surface area (Å²) in [4.78, 5) is 30.7. The molecular weight excluding hydrogens is 314 g/mol. The van der Waals surface area contributed by atoms with Gasteiger partial charge < -0.3 is 20.0 Å². The van der Waals surface area contributed by atoms with Crippen LogP contribution in [0.25, 0.3) is 0 Å². The van der Waals surface area contributed by atoms with E-state index < -0.39 is 29.3 Å². The first-order valence-corrected chi connectivity index (χ1v) is 8.37. The molecule has 0 radical (unpaired) electrons. The number of hydrogen-bond donors (Lipinski definition) is 1. The van der Waals surface area contributed by atoms with Gasteiger partial charge in [-0.1, -0.05) is 5.16 Å². The van der Waals surface area contributed by atoms with Crippen molar-refractivity contribution in [3.63, 3.8) is 0 Å². The molecule has 1 atom stereocenters. The van der Waals surface area contributed by atoms with E-state index >= 15 is 0 Å². The molecule has 2 aliphatic rings. The van der Waals surface area contributed by atoms with Crippen LogP contribution in [0.4, 0.5) is 4.79 Å². The number of rotatable bonds is 5. The van der Waals surface area contributed by atoms with Gasteiger partial charge >= 0.3 is 12.1 Å². The summed E-state index contributed by atoms with van der Waals surface area (Å²) >= 11 is 0. The molecule has 8 heteroatoms. The van der Waals surface area contributed by atoms with Crippen LogP contribution >= 0.6 is 0 Å². The SMILES string of the molecule is CCOC1(C(=O)O/N=C(\N)[C@@H]2CCCN2C(=O)OC(C)(C)C)CC1. The molecule has 0 spiro atoms. The molecule has 0 aromatic rings. The maximum Gasteiger partial charge on any atom is 0.410 e. The Morgan fingerprint density at radius 1 is 1.33 bits per heavy atom. The molecule has 1 aliphatic heterocycles. The van der Waals surface area contributed by atoms with Crippen molar-refractivity contribution in [3.05, 3.63) is 0 Å². The van der Waals surface area contributed by atoms with E-state index in [0.29, 0.717) is 32.4 Å². The molecule has 0 aromatic carbocycles. The van der Waals surface area contributed by atoms with Gasteiger partial charge in [-0.25, -0.2) is 9.59 Å². The Labute approximate surface area is 142 Å². The number of amides is 1. The van der Waals surface area contributed by atoms with Crippen LogP contribution in [0.2, 0.25) is 0 Å². The summed E-state index contributed by atoms with van der Waals surface area (Å²) in [5, 5.41) is 3.74. The van der Waals surface area contributed by atoms with Gasteiger partial charge in [-0.05, 0) is 53.4 Å². The van der Waals surface area contributed by atoms with Crippen molar-refractivity contribution in [2.45, 2.75) is 70.6 Å². The molecular formula is C16H27N3O5. The van der Waals surface area contributed by atoms with Crippen LogP contribution in [-0.2, 0) is 19.1 Å². The van der Waals surface area contributed by atoms with Gasteiger partial charge in [0.25, 0.3) is 0 Å². The molecule has 1 amide bonds. The molecule has 1 saturated heterocycles. The van der Waals surface area contributed by atoms with Gasteiger partial charge in [-0.3, -0.25) is 4.90 Å². The largest absolute Gasteiger partial charge is 0.444 e. The number of ether oxygens (including phenoxy) is 2. The second kappa shape index (κ2) is 6.96. The van der Waals surface area contributed by atoms with E-state index in [0.717, 1.165) is 6.42 Å². The van der Waals surface area contributed by atoms with Crippen LogP contribution in [0, 0.1) is 0 Å². The second-order valence-corrected chi connectivity index (χ2v) is 7.15. The number of nitrogens with zero attached hydrogens (tertiary/aromatic N) is 2. The minimum atomic E-state index is -0.862. The topological polar surface area (TPSA) is 103 Å². The standard InChI is InChI=1S/C16H27N3O5/c1-5-22-16(8-9-16)13(20)24-18-12(17)11-7-6-10-19(11)14(21)23-15(2,3)4/h11H,5-10H2,1-4H3,(H2,17,18)/t11-/m0/s1. The molecule has 0 aromatic heterocycles. The van der Waals surface area contributed by atoms with Crippen molar-refractivity contribution >= 4 is 17.9 Å². The zero-order valence-electron chi connectivity index (χ0n) is 14.8. The zero-order valence-corrected chi connectivity index (χ0v) is 14.8. The highest BCUT2D eigenvalue weighted by atomic mass is 16.7. The van der Waals surface area contributed by atoms with Crippen LogP contribution in [0.1, 0.15) is 53.4 Å². The van der Waals surface area contributed by atoms with E-state index in [2.05, 4.69) is 5.16 Å². The summed E-state index contributed by atoms with van der Waals surface area (Å²) in [5.74, 6) is -0.437. The van der Waals surface area contributed by atoms with E-state index in [1.807, 2.05) is 6.92 Å². The number of oxime groups is 1. The molecule has 1 aliphatic carbocycles. The molecule has 2 N–H and O–H groups in total. The number of nitrogens with two attached hydrogens (primary N) is 1. The first kappa shape index (κ1) is 18.5. The Balaban J connectivity index is 1.96. The lowest BCUT2D eigenvalue weighted by Gasteiger charge is -2.28. The predicted molar refractivity (Wildman–Crippen MR) is 87.3 cm³/mol. The highest BCUT2D eigenvalue weighted by molar-refractivity contribution is 5.90. The van der Waals surface area contributed by atoms with Crippen molar-refractivity contribution in [1.82, 2.24) is 4.90 Å². The average molecular weight is 341 g/mol. The monoisotopic (exact) mass is 341 g/mol. The molecule has 8 nitrogen and oxygen atoms in total. The fourth-order valence-electron chi connectivity index (χ4n) is 2.65. The van der Waals surface area contributed by atoms with Gasteiger partial charge in [0.05, 0.1) is 6.04 Å². The van der Waals surface area contributed by atoms with Crippen LogP contribution < -0.4 is 5.73 Å². The van der Waals surface area contributed by atoms with Gasteiger partial charge in [0, 0.05) is 13.2 Å². The van der Waals surface area contributed by atoms with E-state index in [4.69, 9.17) is 20.0 Å². The maximum atomic E-state index is 12.2.